The number of benzene rings is 1. The van der Waals surface area contributed by atoms with E-state index in [2.05, 4.69) is 46.6 Å². The Morgan fingerprint density at radius 2 is 2.05 bits per heavy atom. The van der Waals surface area contributed by atoms with Gasteiger partial charge < -0.3 is 5.32 Å². The van der Waals surface area contributed by atoms with E-state index in [1.165, 1.54) is 5.56 Å². The average molecular weight is 284 g/mol. The number of hydrogen-bond donors (Lipinski definition) is 1. The number of nitrogens with zero attached hydrogens (tertiary/aromatic N) is 3. The smallest absolute Gasteiger partial charge is 0.123 e. The van der Waals surface area contributed by atoms with Gasteiger partial charge in [-0.25, -0.2) is 4.98 Å². The Bertz CT molecular complexity index is 670. The highest BCUT2D eigenvalue weighted by molar-refractivity contribution is 7.13. The molecule has 0 aliphatic heterocycles. The minimum atomic E-state index is 0.231. The second-order valence-electron chi connectivity index (χ2n) is 4.73. The highest BCUT2D eigenvalue weighted by Gasteiger charge is 2.07. The van der Waals surface area contributed by atoms with Gasteiger partial charge in [0, 0.05) is 41.6 Å². The lowest BCUT2D eigenvalue weighted by molar-refractivity contribution is 0.765. The first-order chi connectivity index (χ1) is 9.72. The molecule has 3 rings (SSSR count). The normalized spacial score (nSPS) is 12.3. The van der Waals surface area contributed by atoms with Gasteiger partial charge in [0.1, 0.15) is 5.01 Å². The van der Waals surface area contributed by atoms with Gasteiger partial charge in [0.2, 0.25) is 0 Å². The molecule has 0 saturated carbocycles. The first-order valence-electron chi connectivity index (χ1n) is 6.47. The molecule has 102 valence electrons. The Morgan fingerprint density at radius 1 is 1.25 bits per heavy atom. The van der Waals surface area contributed by atoms with Crippen LogP contribution in [0.2, 0.25) is 0 Å². The van der Waals surface area contributed by atoms with Crippen LogP contribution in [-0.2, 0) is 7.05 Å². The van der Waals surface area contributed by atoms with Crippen molar-refractivity contribution < 1.29 is 0 Å². The van der Waals surface area contributed by atoms with Crippen molar-refractivity contribution in [2.75, 3.05) is 5.32 Å². The second-order valence-corrected chi connectivity index (χ2v) is 5.62. The Morgan fingerprint density at radius 3 is 2.65 bits per heavy atom. The lowest BCUT2D eigenvalue weighted by atomic mass is 10.1. The topological polar surface area (TPSA) is 42.7 Å². The van der Waals surface area contributed by atoms with E-state index in [0.717, 1.165) is 16.3 Å². The van der Waals surface area contributed by atoms with E-state index in [9.17, 15) is 0 Å². The third kappa shape index (κ3) is 2.72. The molecule has 0 amide bonds. The molecule has 0 aliphatic carbocycles. The molecular formula is C15H16N4S. The summed E-state index contributed by atoms with van der Waals surface area (Å²) in [6, 6.07) is 8.59. The molecule has 4 nitrogen and oxygen atoms in total. The van der Waals surface area contributed by atoms with Crippen molar-refractivity contribution in [1.29, 1.82) is 0 Å². The molecule has 0 aliphatic rings. The first-order valence-corrected chi connectivity index (χ1v) is 7.35. The Hall–Kier alpha value is -2.14. The number of aryl methyl sites for hydroxylation is 1. The molecule has 0 saturated heterocycles. The van der Waals surface area contributed by atoms with Crippen LogP contribution in [0.1, 0.15) is 18.5 Å². The number of hydrogen-bond acceptors (Lipinski definition) is 4. The molecule has 2 aromatic heterocycles. The summed E-state index contributed by atoms with van der Waals surface area (Å²) < 4.78 is 1.82. The van der Waals surface area contributed by atoms with Gasteiger partial charge in [-0.05, 0) is 31.2 Å². The van der Waals surface area contributed by atoms with Crippen molar-refractivity contribution in [2.45, 2.75) is 13.0 Å². The Balaban J connectivity index is 1.72. The molecule has 0 spiro atoms. The summed E-state index contributed by atoms with van der Waals surface area (Å²) in [5, 5.41) is 10.7. The van der Waals surface area contributed by atoms with Crippen LogP contribution in [-0.4, -0.2) is 14.8 Å². The van der Waals surface area contributed by atoms with E-state index in [1.54, 1.807) is 11.3 Å². The molecule has 3 aromatic rings. The lowest BCUT2D eigenvalue weighted by Crippen LogP contribution is -2.05. The van der Waals surface area contributed by atoms with E-state index >= 15 is 0 Å². The van der Waals surface area contributed by atoms with Crippen LogP contribution >= 0.6 is 11.3 Å². The van der Waals surface area contributed by atoms with Crippen LogP contribution in [0.5, 0.6) is 0 Å². The quantitative estimate of drug-likeness (QED) is 0.794. The van der Waals surface area contributed by atoms with Gasteiger partial charge in [-0.15, -0.1) is 11.3 Å². The molecule has 5 heteroatoms. The number of thiazole rings is 1. The molecule has 0 radical (unpaired) electrons. The largest absolute Gasteiger partial charge is 0.378 e. The predicted molar refractivity (Wildman–Crippen MR) is 82.8 cm³/mol. The summed E-state index contributed by atoms with van der Waals surface area (Å²) in [6.07, 6.45) is 5.75. The standard InChI is InChI=1S/C15H16N4S/c1-11(13-9-17-19(2)10-13)18-14-5-3-12(4-6-14)15-16-7-8-20-15/h3-11,18H,1-2H3. The number of rotatable bonds is 4. The summed E-state index contributed by atoms with van der Waals surface area (Å²) >= 11 is 1.65. The van der Waals surface area contributed by atoms with Crippen LogP contribution in [0.4, 0.5) is 5.69 Å². The van der Waals surface area contributed by atoms with Gasteiger partial charge >= 0.3 is 0 Å². The maximum Gasteiger partial charge on any atom is 0.123 e. The summed E-state index contributed by atoms with van der Waals surface area (Å²) in [7, 11) is 1.93. The van der Waals surface area contributed by atoms with Crippen molar-refractivity contribution in [1.82, 2.24) is 14.8 Å². The van der Waals surface area contributed by atoms with Crippen LogP contribution in [0.25, 0.3) is 10.6 Å². The molecule has 2 heterocycles. The van der Waals surface area contributed by atoms with E-state index in [1.807, 2.05) is 35.7 Å². The fourth-order valence-electron chi connectivity index (χ4n) is 2.07. The highest BCUT2D eigenvalue weighted by atomic mass is 32.1. The van der Waals surface area contributed by atoms with E-state index < -0.39 is 0 Å². The Kier molecular flexibility index (Phi) is 3.52. The maximum atomic E-state index is 4.31. The summed E-state index contributed by atoms with van der Waals surface area (Å²) in [4.78, 5) is 4.31. The third-order valence-corrected chi connectivity index (χ3v) is 3.99. The zero-order chi connectivity index (χ0) is 13.9. The molecule has 1 aromatic carbocycles. The summed E-state index contributed by atoms with van der Waals surface area (Å²) in [5.41, 5.74) is 3.43. The van der Waals surface area contributed by atoms with Crippen molar-refractivity contribution >= 4 is 17.0 Å². The molecule has 0 fully saturated rings. The minimum Gasteiger partial charge on any atom is -0.378 e. The Labute approximate surface area is 122 Å². The predicted octanol–water partition coefficient (Wildman–Crippen LogP) is 3.72. The zero-order valence-corrected chi connectivity index (χ0v) is 12.3. The van der Waals surface area contributed by atoms with Gasteiger partial charge in [0.05, 0.1) is 12.2 Å². The monoisotopic (exact) mass is 284 g/mol. The van der Waals surface area contributed by atoms with Gasteiger partial charge in [-0.2, -0.15) is 5.10 Å². The van der Waals surface area contributed by atoms with Gasteiger partial charge in [-0.1, -0.05) is 0 Å². The molecule has 20 heavy (non-hydrogen) atoms. The minimum absolute atomic E-state index is 0.231. The van der Waals surface area contributed by atoms with Crippen molar-refractivity contribution in [3.8, 4) is 10.6 Å². The summed E-state index contributed by atoms with van der Waals surface area (Å²) in [5.74, 6) is 0. The number of anilines is 1. The molecule has 1 atom stereocenters. The molecule has 0 bridgehead atoms. The van der Waals surface area contributed by atoms with Crippen LogP contribution < -0.4 is 5.32 Å². The molecule has 1 N–H and O–H groups in total. The fraction of sp³-hybridized carbons (Fsp3) is 0.200. The lowest BCUT2D eigenvalue weighted by Gasteiger charge is -2.13. The number of nitrogens with one attached hydrogen (secondary N) is 1. The van der Waals surface area contributed by atoms with Gasteiger partial charge in [-0.3, -0.25) is 4.68 Å². The van der Waals surface area contributed by atoms with E-state index in [-0.39, 0.29) is 6.04 Å². The van der Waals surface area contributed by atoms with Gasteiger partial charge in [0.25, 0.3) is 0 Å². The summed E-state index contributed by atoms with van der Waals surface area (Å²) in [6.45, 7) is 2.13. The van der Waals surface area contributed by atoms with Crippen LogP contribution in [0.15, 0.2) is 48.2 Å². The average Bonchev–Trinajstić information content (AvgIpc) is 3.10. The molecular weight excluding hydrogens is 268 g/mol. The third-order valence-electron chi connectivity index (χ3n) is 3.17. The van der Waals surface area contributed by atoms with Gasteiger partial charge in [0.15, 0.2) is 0 Å². The van der Waals surface area contributed by atoms with Crippen molar-refractivity contribution in [3.05, 3.63) is 53.8 Å². The first kappa shape index (κ1) is 12.9. The van der Waals surface area contributed by atoms with E-state index in [0.29, 0.717) is 0 Å². The van der Waals surface area contributed by atoms with E-state index in [4.69, 9.17) is 0 Å². The fourth-order valence-corrected chi connectivity index (χ4v) is 2.72. The maximum absolute atomic E-state index is 4.31. The van der Waals surface area contributed by atoms with Crippen molar-refractivity contribution in [3.63, 3.8) is 0 Å². The highest BCUT2D eigenvalue weighted by Crippen LogP contribution is 2.25. The zero-order valence-electron chi connectivity index (χ0n) is 11.4. The second kappa shape index (κ2) is 5.46. The van der Waals surface area contributed by atoms with Crippen molar-refractivity contribution in [2.24, 2.45) is 7.05 Å². The molecule has 1 unspecified atom stereocenters. The van der Waals surface area contributed by atoms with Crippen LogP contribution in [0.3, 0.4) is 0 Å². The van der Waals surface area contributed by atoms with Crippen LogP contribution in [0, 0.1) is 0 Å². The number of aromatic nitrogens is 3. The SMILES string of the molecule is CC(Nc1ccc(-c2nccs2)cc1)c1cnn(C)c1.